The highest BCUT2D eigenvalue weighted by atomic mass is 16.5. The summed E-state index contributed by atoms with van der Waals surface area (Å²) in [6, 6.07) is 15.4. The lowest BCUT2D eigenvalue weighted by Gasteiger charge is -2.11. The van der Waals surface area contributed by atoms with Gasteiger partial charge in [-0.1, -0.05) is 25.5 Å². The first kappa shape index (κ1) is 16.1. The molecule has 0 saturated carbocycles. The van der Waals surface area contributed by atoms with Gasteiger partial charge in [0, 0.05) is 19.7 Å². The second-order valence-electron chi connectivity index (χ2n) is 5.57. The highest BCUT2D eigenvalue weighted by Crippen LogP contribution is 2.22. The van der Waals surface area contributed by atoms with Crippen molar-refractivity contribution in [2.45, 2.75) is 26.2 Å². The van der Waals surface area contributed by atoms with Gasteiger partial charge < -0.3 is 9.64 Å². The fraction of sp³-hybridized carbons (Fsp3) is 0.316. The number of ether oxygens (including phenoxy) is 1. The van der Waals surface area contributed by atoms with Crippen LogP contribution < -0.4 is 4.74 Å². The summed E-state index contributed by atoms with van der Waals surface area (Å²) in [5, 5.41) is 0. The molecular formula is C19H23NO2. The van der Waals surface area contributed by atoms with Gasteiger partial charge in [-0.2, -0.15) is 0 Å². The van der Waals surface area contributed by atoms with Crippen LogP contribution in [0.5, 0.6) is 11.5 Å². The van der Waals surface area contributed by atoms with Crippen LogP contribution in [-0.4, -0.2) is 24.9 Å². The molecule has 0 spiro atoms. The summed E-state index contributed by atoms with van der Waals surface area (Å²) in [5.74, 6) is 1.54. The largest absolute Gasteiger partial charge is 0.457 e. The Morgan fingerprint density at radius 2 is 1.50 bits per heavy atom. The summed E-state index contributed by atoms with van der Waals surface area (Å²) in [6.45, 7) is 2.20. The van der Waals surface area contributed by atoms with E-state index in [1.807, 2.05) is 24.3 Å². The molecule has 0 atom stereocenters. The van der Waals surface area contributed by atoms with Gasteiger partial charge in [0.05, 0.1) is 0 Å². The molecule has 3 nitrogen and oxygen atoms in total. The number of nitrogens with zero attached hydrogens (tertiary/aromatic N) is 1. The first-order chi connectivity index (χ1) is 10.6. The van der Waals surface area contributed by atoms with Crippen LogP contribution in [0.4, 0.5) is 0 Å². The summed E-state index contributed by atoms with van der Waals surface area (Å²) < 4.78 is 5.81. The minimum absolute atomic E-state index is 0.00757. The number of hydrogen-bond donors (Lipinski definition) is 0. The van der Waals surface area contributed by atoms with Crippen LogP contribution in [0.1, 0.15) is 35.7 Å². The minimum Gasteiger partial charge on any atom is -0.457 e. The highest BCUT2D eigenvalue weighted by molar-refractivity contribution is 5.93. The zero-order chi connectivity index (χ0) is 15.9. The molecule has 116 valence electrons. The van der Waals surface area contributed by atoms with Crippen LogP contribution in [0.3, 0.4) is 0 Å². The quantitative estimate of drug-likeness (QED) is 0.784. The predicted molar refractivity (Wildman–Crippen MR) is 89.6 cm³/mol. The molecule has 2 aromatic rings. The van der Waals surface area contributed by atoms with E-state index in [0.717, 1.165) is 17.9 Å². The Hall–Kier alpha value is -2.29. The molecule has 0 fully saturated rings. The smallest absolute Gasteiger partial charge is 0.253 e. The topological polar surface area (TPSA) is 29.5 Å². The maximum Gasteiger partial charge on any atom is 0.253 e. The Balaban J connectivity index is 2.00. The van der Waals surface area contributed by atoms with E-state index in [0.29, 0.717) is 5.56 Å². The molecule has 2 rings (SSSR count). The third-order valence-electron chi connectivity index (χ3n) is 3.49. The lowest BCUT2D eigenvalue weighted by atomic mass is 10.1. The number of carbonyl (C=O) groups is 1. The number of benzene rings is 2. The van der Waals surface area contributed by atoms with E-state index in [1.54, 1.807) is 31.1 Å². The van der Waals surface area contributed by atoms with Gasteiger partial charge in [0.25, 0.3) is 5.91 Å². The maximum absolute atomic E-state index is 11.8. The zero-order valence-corrected chi connectivity index (χ0v) is 13.5. The molecule has 1 amide bonds. The van der Waals surface area contributed by atoms with Crippen molar-refractivity contribution in [3.05, 3.63) is 59.7 Å². The van der Waals surface area contributed by atoms with E-state index < -0.39 is 0 Å². The molecule has 0 aliphatic heterocycles. The fourth-order valence-corrected chi connectivity index (χ4v) is 2.16. The number of unbranched alkanes of at least 4 members (excludes halogenated alkanes) is 1. The molecule has 22 heavy (non-hydrogen) atoms. The molecular weight excluding hydrogens is 274 g/mol. The van der Waals surface area contributed by atoms with Crippen LogP contribution in [0.25, 0.3) is 0 Å². The minimum atomic E-state index is -0.00757. The van der Waals surface area contributed by atoms with Crippen molar-refractivity contribution in [3.63, 3.8) is 0 Å². The molecule has 0 saturated heterocycles. The second-order valence-corrected chi connectivity index (χ2v) is 5.57. The van der Waals surface area contributed by atoms with Gasteiger partial charge in [0.1, 0.15) is 11.5 Å². The van der Waals surface area contributed by atoms with Crippen molar-refractivity contribution < 1.29 is 9.53 Å². The SMILES string of the molecule is CCCCc1ccc(Oc2ccc(C(=O)N(C)C)cc2)cc1. The molecule has 0 aliphatic rings. The van der Waals surface area contributed by atoms with Crippen molar-refractivity contribution in [3.8, 4) is 11.5 Å². The first-order valence-electron chi connectivity index (χ1n) is 7.68. The summed E-state index contributed by atoms with van der Waals surface area (Å²) in [7, 11) is 3.49. The van der Waals surface area contributed by atoms with Crippen molar-refractivity contribution in [1.29, 1.82) is 0 Å². The highest BCUT2D eigenvalue weighted by Gasteiger charge is 2.07. The van der Waals surface area contributed by atoms with Crippen molar-refractivity contribution in [2.24, 2.45) is 0 Å². The number of amides is 1. The van der Waals surface area contributed by atoms with E-state index >= 15 is 0 Å². The summed E-state index contributed by atoms with van der Waals surface area (Å²) in [6.07, 6.45) is 3.52. The number of rotatable bonds is 6. The monoisotopic (exact) mass is 297 g/mol. The van der Waals surface area contributed by atoms with Crippen LogP contribution >= 0.6 is 0 Å². The third kappa shape index (κ3) is 4.35. The van der Waals surface area contributed by atoms with Crippen LogP contribution in [-0.2, 0) is 6.42 Å². The van der Waals surface area contributed by atoms with Gasteiger partial charge in [-0.25, -0.2) is 0 Å². The number of carbonyl (C=O) groups excluding carboxylic acids is 1. The summed E-state index contributed by atoms with van der Waals surface area (Å²) >= 11 is 0. The number of hydrogen-bond acceptors (Lipinski definition) is 2. The van der Waals surface area contributed by atoms with Gasteiger partial charge in [0.15, 0.2) is 0 Å². The molecule has 0 N–H and O–H groups in total. The van der Waals surface area contributed by atoms with Gasteiger partial charge in [0.2, 0.25) is 0 Å². The predicted octanol–water partition coefficient (Wildman–Crippen LogP) is 4.52. The molecule has 0 aliphatic carbocycles. The van der Waals surface area contributed by atoms with Crippen LogP contribution in [0.15, 0.2) is 48.5 Å². The van der Waals surface area contributed by atoms with Crippen molar-refractivity contribution in [1.82, 2.24) is 4.90 Å². The standard InChI is InChI=1S/C19H23NO2/c1-4-5-6-15-7-11-17(12-8-15)22-18-13-9-16(10-14-18)19(21)20(2)3/h7-14H,4-6H2,1-3H3. The average molecular weight is 297 g/mol. The molecule has 3 heteroatoms. The normalized spacial score (nSPS) is 10.3. The Labute approximate surface area is 132 Å². The third-order valence-corrected chi connectivity index (χ3v) is 3.49. The Morgan fingerprint density at radius 1 is 0.955 bits per heavy atom. The molecule has 0 radical (unpaired) electrons. The van der Waals surface area contributed by atoms with Gasteiger partial charge in [-0.15, -0.1) is 0 Å². The van der Waals surface area contributed by atoms with Crippen molar-refractivity contribution >= 4 is 5.91 Å². The molecule has 0 heterocycles. The summed E-state index contributed by atoms with van der Waals surface area (Å²) in [4.78, 5) is 13.4. The number of aryl methyl sites for hydroxylation is 1. The Morgan fingerprint density at radius 3 is 2.00 bits per heavy atom. The van der Waals surface area contributed by atoms with Gasteiger partial charge in [-0.3, -0.25) is 4.79 Å². The lowest BCUT2D eigenvalue weighted by Crippen LogP contribution is -2.21. The van der Waals surface area contributed by atoms with Crippen LogP contribution in [0.2, 0.25) is 0 Å². The van der Waals surface area contributed by atoms with Gasteiger partial charge in [-0.05, 0) is 54.8 Å². The molecule has 0 bridgehead atoms. The summed E-state index contributed by atoms with van der Waals surface area (Å²) in [5.41, 5.74) is 1.99. The van der Waals surface area contributed by atoms with E-state index in [4.69, 9.17) is 4.74 Å². The average Bonchev–Trinajstić information content (AvgIpc) is 2.54. The molecule has 2 aromatic carbocycles. The Bertz CT molecular complexity index is 600. The van der Waals surface area contributed by atoms with E-state index in [2.05, 4.69) is 19.1 Å². The second kappa shape index (κ2) is 7.64. The molecule has 0 unspecified atom stereocenters. The van der Waals surface area contributed by atoms with Crippen LogP contribution in [0, 0.1) is 0 Å². The zero-order valence-electron chi connectivity index (χ0n) is 13.5. The lowest BCUT2D eigenvalue weighted by molar-refractivity contribution is 0.0827. The fourth-order valence-electron chi connectivity index (χ4n) is 2.16. The Kier molecular flexibility index (Phi) is 5.59. The maximum atomic E-state index is 11.8. The van der Waals surface area contributed by atoms with Gasteiger partial charge >= 0.3 is 0 Å². The van der Waals surface area contributed by atoms with Crippen molar-refractivity contribution in [2.75, 3.05) is 14.1 Å². The first-order valence-corrected chi connectivity index (χ1v) is 7.68. The van der Waals surface area contributed by atoms with E-state index in [1.165, 1.54) is 18.4 Å². The van der Waals surface area contributed by atoms with E-state index in [-0.39, 0.29) is 5.91 Å². The van der Waals surface area contributed by atoms with E-state index in [9.17, 15) is 4.79 Å². The molecule has 0 aromatic heterocycles.